The van der Waals surface area contributed by atoms with Crippen LogP contribution in [-0.2, 0) is 0 Å². The predicted octanol–water partition coefficient (Wildman–Crippen LogP) is 2.60. The van der Waals surface area contributed by atoms with E-state index in [1.165, 1.54) is 24.5 Å². The van der Waals surface area contributed by atoms with Crippen LogP contribution in [0.15, 0.2) is 30.6 Å². The lowest BCUT2D eigenvalue weighted by molar-refractivity contribution is 0.0683. The molecule has 1 N–H and O–H groups in total. The molecule has 1 saturated heterocycles. The van der Waals surface area contributed by atoms with Crippen LogP contribution < -0.4 is 4.74 Å². The molecule has 1 aliphatic rings. The van der Waals surface area contributed by atoms with Crippen molar-refractivity contribution in [2.24, 2.45) is 0 Å². The molecule has 1 aromatic carbocycles. The molecule has 0 bridgehead atoms. The molecule has 1 amide bonds. The second kappa shape index (κ2) is 7.55. The van der Waals surface area contributed by atoms with Crippen LogP contribution in [0, 0.1) is 5.82 Å². The van der Waals surface area contributed by atoms with Gasteiger partial charge in [-0.25, -0.2) is 9.18 Å². The summed E-state index contributed by atoms with van der Waals surface area (Å²) in [6.07, 6.45) is 4.11. The van der Waals surface area contributed by atoms with Gasteiger partial charge >= 0.3 is 5.97 Å². The number of hydrogen-bond donors (Lipinski definition) is 1. The predicted molar refractivity (Wildman–Crippen MR) is 90.9 cm³/mol. The zero-order valence-corrected chi connectivity index (χ0v) is 14.4. The number of carboxylic acids is 1. The molecule has 1 aromatic heterocycles. The van der Waals surface area contributed by atoms with Gasteiger partial charge in [-0.05, 0) is 31.9 Å². The molecule has 1 fully saturated rings. The molecule has 0 aliphatic carbocycles. The lowest BCUT2D eigenvalue weighted by Gasteiger charge is -2.32. The topological polar surface area (TPSA) is 84.7 Å². The highest BCUT2D eigenvalue weighted by molar-refractivity contribution is 5.97. The average Bonchev–Trinajstić information content (AvgIpc) is 3.14. The first-order chi connectivity index (χ1) is 12.5. The Morgan fingerprint density at radius 2 is 2.08 bits per heavy atom. The number of carbonyl (C=O) groups is 2. The molecule has 138 valence electrons. The Labute approximate surface area is 150 Å². The van der Waals surface area contributed by atoms with Gasteiger partial charge in [0.15, 0.2) is 11.6 Å². The van der Waals surface area contributed by atoms with Crippen LogP contribution in [0.1, 0.15) is 46.5 Å². The number of rotatable bonds is 5. The molecule has 1 aliphatic heterocycles. The van der Waals surface area contributed by atoms with Crippen LogP contribution in [0.25, 0.3) is 0 Å². The molecule has 0 spiro atoms. The van der Waals surface area contributed by atoms with Crippen molar-refractivity contribution >= 4 is 11.9 Å². The van der Waals surface area contributed by atoms with E-state index in [1.54, 1.807) is 22.6 Å². The molecule has 26 heavy (non-hydrogen) atoms. The number of aromatic carboxylic acids is 1. The third-order valence-corrected chi connectivity index (χ3v) is 4.46. The van der Waals surface area contributed by atoms with E-state index in [9.17, 15) is 14.0 Å². The first-order valence-electron chi connectivity index (χ1n) is 8.49. The van der Waals surface area contributed by atoms with Crippen LogP contribution in [0.3, 0.4) is 0 Å². The third kappa shape index (κ3) is 3.54. The van der Waals surface area contributed by atoms with E-state index >= 15 is 0 Å². The minimum absolute atomic E-state index is 0.0136. The fraction of sp³-hybridized carbons (Fsp3) is 0.389. The second-order valence-corrected chi connectivity index (χ2v) is 6.09. The van der Waals surface area contributed by atoms with Crippen molar-refractivity contribution in [1.29, 1.82) is 0 Å². The summed E-state index contributed by atoms with van der Waals surface area (Å²) in [5, 5.41) is 13.1. The Morgan fingerprint density at radius 1 is 1.35 bits per heavy atom. The number of aromatic nitrogens is 2. The van der Waals surface area contributed by atoms with Crippen molar-refractivity contribution in [3.8, 4) is 5.75 Å². The van der Waals surface area contributed by atoms with Gasteiger partial charge in [-0.1, -0.05) is 6.07 Å². The number of halogens is 1. The number of likely N-dealkylation sites (tertiary alicyclic amines) is 1. The Hall–Kier alpha value is -2.90. The van der Waals surface area contributed by atoms with Crippen molar-refractivity contribution in [3.63, 3.8) is 0 Å². The number of nitrogens with zero attached hydrogens (tertiary/aromatic N) is 3. The van der Waals surface area contributed by atoms with Gasteiger partial charge in [-0.2, -0.15) is 5.10 Å². The SMILES string of the molecule is CCOc1c(F)cccc1C(=O)N1CCC(n2cc(C(=O)O)cn2)CC1. The summed E-state index contributed by atoms with van der Waals surface area (Å²) in [6.45, 7) is 2.97. The molecule has 2 heterocycles. The van der Waals surface area contributed by atoms with Crippen molar-refractivity contribution in [2.75, 3.05) is 19.7 Å². The van der Waals surface area contributed by atoms with E-state index in [1.807, 2.05) is 0 Å². The highest BCUT2D eigenvalue weighted by atomic mass is 19.1. The molecule has 0 saturated carbocycles. The Kier molecular flexibility index (Phi) is 5.20. The number of carbonyl (C=O) groups excluding carboxylic acids is 1. The minimum atomic E-state index is -1.02. The Bertz CT molecular complexity index is 813. The van der Waals surface area contributed by atoms with Gasteiger partial charge in [0.05, 0.1) is 30.0 Å². The Morgan fingerprint density at radius 3 is 2.69 bits per heavy atom. The van der Waals surface area contributed by atoms with E-state index < -0.39 is 11.8 Å². The number of benzene rings is 1. The maximum absolute atomic E-state index is 14.0. The van der Waals surface area contributed by atoms with Gasteiger partial charge in [0.2, 0.25) is 0 Å². The fourth-order valence-electron chi connectivity index (χ4n) is 3.12. The molecule has 0 radical (unpaired) electrons. The van der Waals surface area contributed by atoms with Gasteiger partial charge in [0.25, 0.3) is 5.91 Å². The lowest BCUT2D eigenvalue weighted by atomic mass is 10.0. The maximum atomic E-state index is 14.0. The standard InChI is InChI=1S/C18H20FN3O4/c1-2-26-16-14(4-3-5-15(16)19)17(23)21-8-6-13(7-9-21)22-11-12(10-20-22)18(24)25/h3-5,10-11,13H,2,6-9H2,1H3,(H,24,25). The molecule has 0 atom stereocenters. The summed E-state index contributed by atoms with van der Waals surface area (Å²) in [5.41, 5.74) is 0.363. The minimum Gasteiger partial charge on any atom is -0.490 e. The van der Waals surface area contributed by atoms with E-state index in [-0.39, 0.29) is 35.4 Å². The quantitative estimate of drug-likeness (QED) is 0.885. The first kappa shape index (κ1) is 17.9. The molecular formula is C18H20FN3O4. The number of piperidine rings is 1. The second-order valence-electron chi connectivity index (χ2n) is 6.09. The average molecular weight is 361 g/mol. The molecule has 0 unspecified atom stereocenters. The van der Waals surface area contributed by atoms with Gasteiger partial charge < -0.3 is 14.7 Å². The van der Waals surface area contributed by atoms with E-state index in [0.717, 1.165) is 0 Å². The summed E-state index contributed by atoms with van der Waals surface area (Å²) < 4.78 is 20.9. The van der Waals surface area contributed by atoms with Crippen LogP contribution in [0.4, 0.5) is 4.39 Å². The van der Waals surface area contributed by atoms with Crippen molar-refractivity contribution in [2.45, 2.75) is 25.8 Å². The summed E-state index contributed by atoms with van der Waals surface area (Å²) in [7, 11) is 0. The summed E-state index contributed by atoms with van der Waals surface area (Å²) in [6, 6.07) is 4.36. The van der Waals surface area contributed by atoms with Gasteiger partial charge in [0, 0.05) is 19.3 Å². The van der Waals surface area contributed by atoms with Gasteiger partial charge in [0.1, 0.15) is 0 Å². The third-order valence-electron chi connectivity index (χ3n) is 4.46. The monoisotopic (exact) mass is 361 g/mol. The highest BCUT2D eigenvalue weighted by Gasteiger charge is 2.27. The maximum Gasteiger partial charge on any atom is 0.338 e. The van der Waals surface area contributed by atoms with Crippen LogP contribution in [0.2, 0.25) is 0 Å². The summed E-state index contributed by atoms with van der Waals surface area (Å²) in [4.78, 5) is 25.4. The molecular weight excluding hydrogens is 341 g/mol. The fourth-order valence-corrected chi connectivity index (χ4v) is 3.12. The number of ether oxygens (including phenoxy) is 1. The summed E-state index contributed by atoms with van der Waals surface area (Å²) >= 11 is 0. The number of carboxylic acid groups (broad SMARTS) is 1. The summed E-state index contributed by atoms with van der Waals surface area (Å²) in [5.74, 6) is -1.85. The zero-order chi connectivity index (χ0) is 18.7. The number of hydrogen-bond acceptors (Lipinski definition) is 4. The smallest absolute Gasteiger partial charge is 0.338 e. The van der Waals surface area contributed by atoms with Crippen molar-refractivity contribution < 1.29 is 23.8 Å². The van der Waals surface area contributed by atoms with Gasteiger partial charge in [-0.15, -0.1) is 0 Å². The molecule has 7 nitrogen and oxygen atoms in total. The largest absolute Gasteiger partial charge is 0.490 e. The molecule has 8 heteroatoms. The van der Waals surface area contributed by atoms with E-state index in [0.29, 0.717) is 25.9 Å². The van der Waals surface area contributed by atoms with Crippen LogP contribution >= 0.6 is 0 Å². The lowest BCUT2D eigenvalue weighted by Crippen LogP contribution is -2.39. The van der Waals surface area contributed by atoms with Crippen LogP contribution in [-0.4, -0.2) is 51.4 Å². The number of amides is 1. The van der Waals surface area contributed by atoms with E-state index in [2.05, 4.69) is 5.10 Å². The van der Waals surface area contributed by atoms with E-state index in [4.69, 9.17) is 9.84 Å². The van der Waals surface area contributed by atoms with Crippen LogP contribution in [0.5, 0.6) is 5.75 Å². The highest BCUT2D eigenvalue weighted by Crippen LogP contribution is 2.28. The molecule has 3 rings (SSSR count). The van der Waals surface area contributed by atoms with Crippen molar-refractivity contribution in [1.82, 2.24) is 14.7 Å². The van der Waals surface area contributed by atoms with Crippen molar-refractivity contribution in [3.05, 3.63) is 47.5 Å². The number of para-hydroxylation sites is 1. The first-order valence-corrected chi connectivity index (χ1v) is 8.49. The van der Waals surface area contributed by atoms with Gasteiger partial charge in [-0.3, -0.25) is 9.48 Å². The molecule has 2 aromatic rings. The normalized spacial score (nSPS) is 15.1. The zero-order valence-electron chi connectivity index (χ0n) is 14.4. The Balaban J connectivity index is 1.69.